The molecule has 142 valence electrons. The monoisotopic (exact) mass is 379 g/mol. The Morgan fingerprint density at radius 1 is 1.31 bits per heavy atom. The van der Waals surface area contributed by atoms with Crippen LogP contribution >= 0.6 is 0 Å². The zero-order chi connectivity index (χ0) is 18.7. The zero-order valence-electron chi connectivity index (χ0n) is 15.1. The van der Waals surface area contributed by atoms with Gasteiger partial charge in [0.2, 0.25) is 10.0 Å². The van der Waals surface area contributed by atoms with Crippen LogP contribution in [-0.2, 0) is 23.7 Å². The molecule has 0 saturated carbocycles. The SMILES string of the molecule is C[C@H]1CCCN(S(=O)(=O)c2ccc(OCc3ncnn3C)cc2)[C@@H]1CN. The first-order valence-corrected chi connectivity index (χ1v) is 10.1. The summed E-state index contributed by atoms with van der Waals surface area (Å²) in [7, 11) is -1.78. The number of sulfonamides is 1. The summed E-state index contributed by atoms with van der Waals surface area (Å²) in [6.07, 6.45) is 3.32. The van der Waals surface area contributed by atoms with Gasteiger partial charge in [0.1, 0.15) is 18.7 Å². The number of nitrogens with two attached hydrogens (primary N) is 1. The predicted molar refractivity (Wildman–Crippen MR) is 96.9 cm³/mol. The van der Waals surface area contributed by atoms with Crippen molar-refractivity contribution in [3.63, 3.8) is 0 Å². The Balaban J connectivity index is 1.73. The number of ether oxygens (including phenoxy) is 1. The van der Waals surface area contributed by atoms with Gasteiger partial charge in [-0.2, -0.15) is 9.40 Å². The highest BCUT2D eigenvalue weighted by Crippen LogP contribution is 2.29. The molecular formula is C17H25N5O3S. The molecule has 2 heterocycles. The van der Waals surface area contributed by atoms with E-state index in [2.05, 4.69) is 17.0 Å². The van der Waals surface area contributed by atoms with E-state index in [9.17, 15) is 8.42 Å². The highest BCUT2D eigenvalue weighted by Gasteiger charge is 2.36. The number of nitrogens with zero attached hydrogens (tertiary/aromatic N) is 4. The summed E-state index contributed by atoms with van der Waals surface area (Å²) in [5.74, 6) is 1.53. The molecule has 1 aliphatic rings. The summed E-state index contributed by atoms with van der Waals surface area (Å²) in [5, 5.41) is 3.98. The second-order valence-electron chi connectivity index (χ2n) is 6.60. The van der Waals surface area contributed by atoms with Crippen molar-refractivity contribution in [3.05, 3.63) is 36.4 Å². The fourth-order valence-corrected chi connectivity index (χ4v) is 5.07. The molecule has 1 aromatic carbocycles. The van der Waals surface area contributed by atoms with E-state index in [0.717, 1.165) is 12.8 Å². The fourth-order valence-electron chi connectivity index (χ4n) is 3.30. The average Bonchev–Trinajstić information content (AvgIpc) is 3.05. The third kappa shape index (κ3) is 3.74. The summed E-state index contributed by atoms with van der Waals surface area (Å²) in [6, 6.07) is 6.32. The quantitative estimate of drug-likeness (QED) is 0.807. The summed E-state index contributed by atoms with van der Waals surface area (Å²) in [5.41, 5.74) is 5.84. The van der Waals surface area contributed by atoms with Crippen molar-refractivity contribution < 1.29 is 13.2 Å². The van der Waals surface area contributed by atoms with Crippen LogP contribution in [0, 0.1) is 5.92 Å². The topological polar surface area (TPSA) is 103 Å². The van der Waals surface area contributed by atoms with Gasteiger partial charge in [0, 0.05) is 26.2 Å². The molecule has 2 N–H and O–H groups in total. The lowest BCUT2D eigenvalue weighted by molar-refractivity contribution is 0.192. The lowest BCUT2D eigenvalue weighted by atomic mass is 9.93. The van der Waals surface area contributed by atoms with E-state index < -0.39 is 10.0 Å². The van der Waals surface area contributed by atoms with Crippen molar-refractivity contribution >= 4 is 10.0 Å². The average molecular weight is 379 g/mol. The Hall–Kier alpha value is -1.97. The van der Waals surface area contributed by atoms with Crippen LogP contribution in [0.4, 0.5) is 0 Å². The van der Waals surface area contributed by atoms with Crippen LogP contribution < -0.4 is 10.5 Å². The van der Waals surface area contributed by atoms with E-state index >= 15 is 0 Å². The van der Waals surface area contributed by atoms with Gasteiger partial charge < -0.3 is 10.5 Å². The summed E-state index contributed by atoms with van der Waals surface area (Å²) in [6.45, 7) is 3.17. The van der Waals surface area contributed by atoms with Crippen molar-refractivity contribution in [2.75, 3.05) is 13.1 Å². The molecule has 0 radical (unpaired) electrons. The van der Waals surface area contributed by atoms with Crippen molar-refractivity contribution in [1.29, 1.82) is 0 Å². The van der Waals surface area contributed by atoms with Gasteiger partial charge in [-0.1, -0.05) is 6.92 Å². The van der Waals surface area contributed by atoms with Crippen LogP contribution in [0.3, 0.4) is 0 Å². The van der Waals surface area contributed by atoms with E-state index in [-0.39, 0.29) is 23.5 Å². The molecule has 9 heteroatoms. The first-order chi connectivity index (χ1) is 12.4. The number of aromatic nitrogens is 3. The maximum Gasteiger partial charge on any atom is 0.243 e. The lowest BCUT2D eigenvalue weighted by Crippen LogP contribution is -2.51. The minimum Gasteiger partial charge on any atom is -0.486 e. The number of hydrogen-bond acceptors (Lipinski definition) is 6. The van der Waals surface area contributed by atoms with Gasteiger partial charge in [-0.05, 0) is 43.0 Å². The molecular weight excluding hydrogens is 354 g/mol. The summed E-state index contributed by atoms with van der Waals surface area (Å²) >= 11 is 0. The first-order valence-electron chi connectivity index (χ1n) is 8.71. The van der Waals surface area contributed by atoms with Crippen LogP contribution in [0.5, 0.6) is 5.75 Å². The number of aryl methyl sites for hydroxylation is 1. The molecule has 3 rings (SSSR count). The van der Waals surface area contributed by atoms with Gasteiger partial charge >= 0.3 is 0 Å². The largest absolute Gasteiger partial charge is 0.486 e. The second kappa shape index (κ2) is 7.73. The zero-order valence-corrected chi connectivity index (χ0v) is 15.9. The Morgan fingerprint density at radius 3 is 2.65 bits per heavy atom. The van der Waals surface area contributed by atoms with Crippen molar-refractivity contribution in [1.82, 2.24) is 19.1 Å². The smallest absolute Gasteiger partial charge is 0.243 e. The van der Waals surface area contributed by atoms with E-state index in [1.807, 2.05) is 0 Å². The van der Waals surface area contributed by atoms with E-state index in [4.69, 9.17) is 10.5 Å². The molecule has 0 aliphatic carbocycles. The van der Waals surface area contributed by atoms with Crippen molar-refractivity contribution in [2.45, 2.75) is 37.3 Å². The third-order valence-corrected chi connectivity index (χ3v) is 6.85. The highest BCUT2D eigenvalue weighted by atomic mass is 32.2. The van der Waals surface area contributed by atoms with Crippen LogP contribution in [0.1, 0.15) is 25.6 Å². The van der Waals surface area contributed by atoms with Gasteiger partial charge in [0.15, 0.2) is 5.82 Å². The normalized spacial score (nSPS) is 21.7. The number of piperidine rings is 1. The minimum atomic E-state index is -3.57. The molecule has 0 amide bonds. The van der Waals surface area contributed by atoms with E-state index in [1.54, 1.807) is 40.3 Å². The van der Waals surface area contributed by atoms with E-state index in [1.165, 1.54) is 6.33 Å². The standard InChI is InChI=1S/C17H25N5O3S/c1-13-4-3-9-22(16(13)10-18)26(23,24)15-7-5-14(6-8-15)25-11-17-19-12-20-21(17)2/h5-8,12-13,16H,3-4,9-11,18H2,1-2H3/t13-,16+/m0/s1. The molecule has 2 aromatic rings. The first kappa shape index (κ1) is 18.8. The van der Waals surface area contributed by atoms with Gasteiger partial charge in [0.05, 0.1) is 4.90 Å². The fraction of sp³-hybridized carbons (Fsp3) is 0.529. The third-order valence-electron chi connectivity index (χ3n) is 4.91. The van der Waals surface area contributed by atoms with Gasteiger partial charge in [-0.25, -0.2) is 13.4 Å². The second-order valence-corrected chi connectivity index (χ2v) is 8.49. The van der Waals surface area contributed by atoms with Crippen LogP contribution in [0.15, 0.2) is 35.5 Å². The molecule has 2 atom stereocenters. The molecule has 0 unspecified atom stereocenters. The van der Waals surface area contributed by atoms with E-state index in [0.29, 0.717) is 24.7 Å². The molecule has 0 spiro atoms. The van der Waals surface area contributed by atoms with Crippen molar-refractivity contribution in [3.8, 4) is 5.75 Å². The lowest BCUT2D eigenvalue weighted by Gasteiger charge is -2.38. The van der Waals surface area contributed by atoms with Gasteiger partial charge in [-0.15, -0.1) is 0 Å². The molecule has 1 aliphatic heterocycles. The summed E-state index contributed by atoms with van der Waals surface area (Å²) in [4.78, 5) is 4.35. The number of benzene rings is 1. The predicted octanol–water partition coefficient (Wildman–Crippen LogP) is 1.14. The number of rotatable bonds is 6. The maximum atomic E-state index is 13.0. The van der Waals surface area contributed by atoms with Crippen LogP contribution in [0.25, 0.3) is 0 Å². The van der Waals surface area contributed by atoms with Gasteiger partial charge in [0.25, 0.3) is 0 Å². The Morgan fingerprint density at radius 2 is 2.04 bits per heavy atom. The Bertz CT molecular complexity index is 834. The Labute approximate surface area is 154 Å². The maximum absolute atomic E-state index is 13.0. The molecule has 1 fully saturated rings. The molecule has 26 heavy (non-hydrogen) atoms. The number of hydrogen-bond donors (Lipinski definition) is 1. The van der Waals surface area contributed by atoms with Crippen molar-refractivity contribution in [2.24, 2.45) is 18.7 Å². The van der Waals surface area contributed by atoms with Crippen LogP contribution in [0.2, 0.25) is 0 Å². The highest BCUT2D eigenvalue weighted by molar-refractivity contribution is 7.89. The molecule has 8 nitrogen and oxygen atoms in total. The Kier molecular flexibility index (Phi) is 5.59. The molecule has 1 saturated heterocycles. The molecule has 1 aromatic heterocycles. The molecule has 0 bridgehead atoms. The summed E-state index contributed by atoms with van der Waals surface area (Å²) < 4.78 is 34.9. The van der Waals surface area contributed by atoms with Gasteiger partial charge in [-0.3, -0.25) is 4.68 Å². The minimum absolute atomic E-state index is 0.152. The van der Waals surface area contributed by atoms with Crippen LogP contribution in [-0.4, -0.2) is 46.6 Å².